The van der Waals surface area contributed by atoms with Crippen molar-refractivity contribution in [2.45, 2.75) is 12.4 Å². The van der Waals surface area contributed by atoms with Crippen LogP contribution in [0.15, 0.2) is 35.2 Å². The number of halogens is 2. The van der Waals surface area contributed by atoms with Crippen LogP contribution in [-0.2, 0) is 4.79 Å². The van der Waals surface area contributed by atoms with E-state index < -0.39 is 0 Å². The van der Waals surface area contributed by atoms with Gasteiger partial charge in [-0.1, -0.05) is 17.8 Å². The number of hydrogen-bond acceptors (Lipinski definition) is 5. The van der Waals surface area contributed by atoms with Gasteiger partial charge in [0.2, 0.25) is 0 Å². The van der Waals surface area contributed by atoms with E-state index in [-0.39, 0.29) is 17.2 Å². The highest BCUT2D eigenvalue weighted by Gasteiger charge is 2.28. The lowest BCUT2D eigenvalue weighted by Gasteiger charge is -2.16. The number of amides is 1. The molecule has 1 aliphatic rings. The van der Waals surface area contributed by atoms with Gasteiger partial charge in [0.15, 0.2) is 5.50 Å². The topological polar surface area (TPSA) is 70.6 Å². The van der Waals surface area contributed by atoms with Gasteiger partial charge in [0, 0.05) is 0 Å². The Morgan fingerprint density at radius 2 is 1.96 bits per heavy atom. The number of aryl methyl sites for hydroxylation is 1. The molecule has 1 atom stereocenters. The van der Waals surface area contributed by atoms with Gasteiger partial charge in [0.25, 0.3) is 5.91 Å². The van der Waals surface area contributed by atoms with Gasteiger partial charge in [0.05, 0.1) is 24.8 Å². The highest BCUT2D eigenvalue weighted by atomic mass is 127. The molecule has 3 N–H and O–H groups in total. The molecule has 2 aromatic carbocycles. The number of carbonyl (C=O) groups is 1. The molecule has 136 valence electrons. The van der Waals surface area contributed by atoms with E-state index in [1.165, 1.54) is 11.8 Å². The molecule has 1 fully saturated rings. The van der Waals surface area contributed by atoms with E-state index in [0.717, 1.165) is 29.7 Å². The van der Waals surface area contributed by atoms with Gasteiger partial charge in [-0.3, -0.25) is 4.79 Å². The summed E-state index contributed by atoms with van der Waals surface area (Å²) in [7, 11) is 1.62. The number of benzene rings is 2. The van der Waals surface area contributed by atoms with E-state index in [0.29, 0.717) is 4.91 Å². The van der Waals surface area contributed by atoms with Crippen molar-refractivity contribution in [1.29, 1.82) is 0 Å². The first-order chi connectivity index (χ1) is 12.4. The number of anilines is 1. The minimum absolute atomic E-state index is 0.128. The fourth-order valence-electron chi connectivity index (χ4n) is 2.46. The van der Waals surface area contributed by atoms with Crippen molar-refractivity contribution in [3.8, 4) is 11.5 Å². The van der Waals surface area contributed by atoms with Crippen LogP contribution < -0.4 is 15.4 Å². The van der Waals surface area contributed by atoms with E-state index in [4.69, 9.17) is 4.74 Å². The fourth-order valence-corrected chi connectivity index (χ4v) is 5.25. The Morgan fingerprint density at radius 3 is 2.62 bits per heavy atom. The molecule has 1 unspecified atom stereocenters. The number of thioether (sulfide) groups is 1. The van der Waals surface area contributed by atoms with Crippen LogP contribution in [0.3, 0.4) is 0 Å². The quantitative estimate of drug-likeness (QED) is 0.359. The average molecular weight is 594 g/mol. The Balaban J connectivity index is 1.80. The summed E-state index contributed by atoms with van der Waals surface area (Å²) in [6.45, 7) is 2.00. The molecule has 1 amide bonds. The van der Waals surface area contributed by atoms with Gasteiger partial charge in [0.1, 0.15) is 11.5 Å². The Labute approximate surface area is 183 Å². The van der Waals surface area contributed by atoms with Crippen molar-refractivity contribution >= 4 is 74.6 Å². The average Bonchev–Trinajstić information content (AvgIpc) is 2.92. The first kappa shape index (κ1) is 19.6. The zero-order valence-corrected chi connectivity index (χ0v) is 19.1. The van der Waals surface area contributed by atoms with E-state index in [2.05, 4.69) is 55.8 Å². The molecule has 26 heavy (non-hydrogen) atoms. The number of nitrogens with one attached hydrogen (secondary N) is 2. The lowest BCUT2D eigenvalue weighted by Crippen LogP contribution is -2.31. The number of rotatable bonds is 4. The lowest BCUT2D eigenvalue weighted by molar-refractivity contribution is -0.116. The zero-order chi connectivity index (χ0) is 18.8. The Hall–Kier alpha value is -1.14. The van der Waals surface area contributed by atoms with Crippen molar-refractivity contribution < 1.29 is 14.6 Å². The van der Waals surface area contributed by atoms with Crippen LogP contribution in [0.1, 0.15) is 11.1 Å². The molecule has 1 saturated heterocycles. The van der Waals surface area contributed by atoms with Gasteiger partial charge in [-0.15, -0.1) is 0 Å². The number of carbonyl (C=O) groups excluding carboxylic acids is 1. The van der Waals surface area contributed by atoms with Crippen LogP contribution in [0.5, 0.6) is 11.5 Å². The zero-order valence-electron chi connectivity index (χ0n) is 14.0. The summed E-state index contributed by atoms with van der Waals surface area (Å²) in [5.74, 6) is 0.866. The van der Waals surface area contributed by atoms with Crippen LogP contribution >= 0.6 is 56.9 Å². The highest BCUT2D eigenvalue weighted by molar-refractivity contribution is 14.1. The van der Waals surface area contributed by atoms with Crippen LogP contribution in [0.2, 0.25) is 0 Å². The van der Waals surface area contributed by atoms with Crippen molar-refractivity contribution in [3.63, 3.8) is 0 Å². The maximum atomic E-state index is 12.3. The number of aromatic hydroxyl groups is 1. The second-order valence-electron chi connectivity index (χ2n) is 5.66. The Morgan fingerprint density at radius 1 is 1.27 bits per heavy atom. The molecule has 0 aromatic heterocycles. The largest absolute Gasteiger partial charge is 0.506 e. The van der Waals surface area contributed by atoms with Crippen molar-refractivity contribution in [2.75, 3.05) is 12.4 Å². The molecule has 0 bridgehead atoms. The number of methoxy groups -OCH3 is 1. The molecule has 3 rings (SSSR count). The highest BCUT2D eigenvalue weighted by Crippen LogP contribution is 2.34. The van der Waals surface area contributed by atoms with Gasteiger partial charge >= 0.3 is 0 Å². The smallest absolute Gasteiger partial charge is 0.260 e. The van der Waals surface area contributed by atoms with E-state index in [9.17, 15) is 9.90 Å². The summed E-state index contributed by atoms with van der Waals surface area (Å²) in [5.41, 5.74) is 2.54. The van der Waals surface area contributed by atoms with Crippen LogP contribution in [0.4, 0.5) is 5.69 Å². The van der Waals surface area contributed by atoms with Crippen LogP contribution in [0, 0.1) is 14.1 Å². The first-order valence-corrected chi connectivity index (χ1v) is 10.7. The minimum atomic E-state index is -0.278. The molecular formula is C18H16I2N2O3S. The van der Waals surface area contributed by atoms with Crippen LogP contribution in [0.25, 0.3) is 6.08 Å². The number of ether oxygens (including phenoxy) is 1. The maximum absolute atomic E-state index is 12.3. The lowest BCUT2D eigenvalue weighted by atomic mass is 10.2. The molecule has 1 heterocycles. The second-order valence-corrected chi connectivity index (χ2v) is 9.13. The second kappa shape index (κ2) is 8.26. The van der Waals surface area contributed by atoms with Crippen molar-refractivity contribution in [1.82, 2.24) is 5.32 Å². The molecule has 2 aromatic rings. The normalized spacial score (nSPS) is 18.1. The van der Waals surface area contributed by atoms with Gasteiger partial charge < -0.3 is 20.5 Å². The summed E-state index contributed by atoms with van der Waals surface area (Å²) in [5, 5.41) is 16.1. The van der Waals surface area contributed by atoms with Gasteiger partial charge in [-0.05, 0) is 93.6 Å². The molecular weight excluding hydrogens is 578 g/mol. The summed E-state index contributed by atoms with van der Waals surface area (Å²) < 4.78 is 6.88. The molecule has 5 nitrogen and oxygen atoms in total. The SMILES string of the molecule is COc1ccc(C)cc1NC1NC(=O)/C(=C/c2cc(I)c(O)c(I)c2)S1. The van der Waals surface area contributed by atoms with Crippen molar-refractivity contribution in [2.24, 2.45) is 0 Å². The minimum Gasteiger partial charge on any atom is -0.506 e. The number of phenols is 1. The fraction of sp³-hybridized carbons (Fsp3) is 0.167. The summed E-state index contributed by atoms with van der Waals surface area (Å²) in [6.07, 6.45) is 1.83. The first-order valence-electron chi connectivity index (χ1n) is 7.66. The summed E-state index contributed by atoms with van der Waals surface area (Å²) in [6, 6.07) is 9.56. The monoisotopic (exact) mass is 594 g/mol. The third-order valence-corrected chi connectivity index (χ3v) is 6.38. The van der Waals surface area contributed by atoms with E-state index in [1.807, 2.05) is 43.3 Å². The Bertz CT molecular complexity index is 879. The predicted octanol–water partition coefficient (Wildman–Crippen LogP) is 4.52. The standard InChI is InChI=1S/C18H16I2N2O3S/c1-9-3-4-14(25-2)13(5-9)21-18-22-17(24)15(26-18)8-10-6-11(19)16(23)12(20)7-10/h3-8,18,21,23H,1-2H3,(H,22,24)/b15-8-. The molecule has 0 aliphatic carbocycles. The van der Waals surface area contributed by atoms with Crippen LogP contribution in [-0.4, -0.2) is 23.6 Å². The molecule has 8 heteroatoms. The molecule has 0 spiro atoms. The summed E-state index contributed by atoms with van der Waals surface area (Å²) >= 11 is 5.58. The maximum Gasteiger partial charge on any atom is 0.260 e. The molecule has 1 aliphatic heterocycles. The van der Waals surface area contributed by atoms with Gasteiger partial charge in [-0.2, -0.15) is 0 Å². The van der Waals surface area contributed by atoms with Gasteiger partial charge in [-0.25, -0.2) is 0 Å². The summed E-state index contributed by atoms with van der Waals surface area (Å²) in [4.78, 5) is 12.9. The number of phenolic OH excluding ortho intramolecular Hbond substituents is 1. The van der Waals surface area contributed by atoms with E-state index >= 15 is 0 Å². The Kier molecular flexibility index (Phi) is 6.23. The van der Waals surface area contributed by atoms with Crippen molar-refractivity contribution in [3.05, 3.63) is 53.5 Å². The molecule has 0 saturated carbocycles. The third-order valence-electron chi connectivity index (χ3n) is 3.71. The number of hydrogen-bond donors (Lipinski definition) is 3. The molecule has 0 radical (unpaired) electrons. The predicted molar refractivity (Wildman–Crippen MR) is 122 cm³/mol. The van der Waals surface area contributed by atoms with E-state index in [1.54, 1.807) is 7.11 Å². The third kappa shape index (κ3) is 4.39.